The molecule has 2 aliphatic rings. The highest BCUT2D eigenvalue weighted by Gasteiger charge is 2.43. The molecule has 144 valence electrons. The lowest BCUT2D eigenvalue weighted by Crippen LogP contribution is -2.61. The van der Waals surface area contributed by atoms with Gasteiger partial charge in [-0.2, -0.15) is 0 Å². The first-order valence-corrected chi connectivity index (χ1v) is 9.75. The third kappa shape index (κ3) is 3.46. The molecule has 2 fully saturated rings. The number of benzene rings is 1. The molecule has 1 aromatic carbocycles. The molecule has 2 amide bonds. The average molecular weight is 369 g/mol. The molecular formula is C21H27N3O3. The standard InChI is InChI=1S/C21H27N3O3/c1-21(2,27)10-9-16-14(13-6-3-4-7-15(13)22-16)12-17-20(26)24-11-5-8-18(24)19(25)23-17/h3-4,6-7,17-18,22,27H,5,8-12H2,1-2H3,(H,23,25)/t17-,18-/m0/s1. The van der Waals surface area contributed by atoms with Crippen molar-refractivity contribution in [2.45, 2.75) is 63.6 Å². The predicted octanol–water partition coefficient (Wildman–Crippen LogP) is 1.90. The fraction of sp³-hybridized carbons (Fsp3) is 0.524. The minimum atomic E-state index is -0.758. The van der Waals surface area contributed by atoms with Crippen LogP contribution in [0.25, 0.3) is 10.9 Å². The van der Waals surface area contributed by atoms with Crippen LogP contribution in [0.5, 0.6) is 0 Å². The zero-order chi connectivity index (χ0) is 19.2. The van der Waals surface area contributed by atoms with Crippen LogP contribution in [0.15, 0.2) is 24.3 Å². The lowest BCUT2D eigenvalue weighted by molar-refractivity contribution is -0.146. The summed E-state index contributed by atoms with van der Waals surface area (Å²) in [7, 11) is 0. The van der Waals surface area contributed by atoms with E-state index in [2.05, 4.69) is 10.3 Å². The Morgan fingerprint density at radius 3 is 2.81 bits per heavy atom. The van der Waals surface area contributed by atoms with Crippen LogP contribution in [0.1, 0.15) is 44.4 Å². The number of para-hydroxylation sites is 1. The van der Waals surface area contributed by atoms with Gasteiger partial charge < -0.3 is 20.3 Å². The smallest absolute Gasteiger partial charge is 0.246 e. The quantitative estimate of drug-likeness (QED) is 0.752. The third-order valence-electron chi connectivity index (χ3n) is 5.75. The van der Waals surface area contributed by atoms with Crippen molar-refractivity contribution in [1.29, 1.82) is 0 Å². The Labute approximate surface area is 158 Å². The van der Waals surface area contributed by atoms with Gasteiger partial charge in [0.1, 0.15) is 12.1 Å². The van der Waals surface area contributed by atoms with Crippen LogP contribution in [-0.4, -0.2) is 51.0 Å². The van der Waals surface area contributed by atoms with Gasteiger partial charge in [0.25, 0.3) is 0 Å². The van der Waals surface area contributed by atoms with Crippen molar-refractivity contribution in [2.75, 3.05) is 6.54 Å². The van der Waals surface area contributed by atoms with Crippen molar-refractivity contribution >= 4 is 22.7 Å². The summed E-state index contributed by atoms with van der Waals surface area (Å²) in [6.45, 7) is 4.27. The maximum Gasteiger partial charge on any atom is 0.246 e. The minimum absolute atomic E-state index is 0.0239. The van der Waals surface area contributed by atoms with Crippen LogP contribution in [0.3, 0.4) is 0 Å². The molecule has 6 nitrogen and oxygen atoms in total. The monoisotopic (exact) mass is 369 g/mol. The van der Waals surface area contributed by atoms with Gasteiger partial charge in [-0.3, -0.25) is 9.59 Å². The maximum absolute atomic E-state index is 12.9. The van der Waals surface area contributed by atoms with E-state index in [1.165, 1.54) is 0 Å². The second-order valence-corrected chi connectivity index (χ2v) is 8.40. The van der Waals surface area contributed by atoms with E-state index in [-0.39, 0.29) is 17.9 Å². The van der Waals surface area contributed by atoms with E-state index in [1.807, 2.05) is 24.3 Å². The number of aryl methyl sites for hydroxylation is 1. The van der Waals surface area contributed by atoms with Crippen LogP contribution in [0.4, 0.5) is 0 Å². The number of carbonyl (C=O) groups is 2. The zero-order valence-electron chi connectivity index (χ0n) is 15.9. The molecule has 6 heteroatoms. The Morgan fingerprint density at radius 2 is 2.04 bits per heavy atom. The lowest BCUT2D eigenvalue weighted by Gasteiger charge is -2.34. The molecule has 0 unspecified atom stereocenters. The lowest BCUT2D eigenvalue weighted by atomic mass is 9.95. The van der Waals surface area contributed by atoms with Gasteiger partial charge >= 0.3 is 0 Å². The summed E-state index contributed by atoms with van der Waals surface area (Å²) in [4.78, 5) is 30.5. The van der Waals surface area contributed by atoms with Crippen molar-refractivity contribution in [3.63, 3.8) is 0 Å². The molecule has 27 heavy (non-hydrogen) atoms. The number of hydrogen-bond donors (Lipinski definition) is 3. The fourth-order valence-corrected chi connectivity index (χ4v) is 4.31. The summed E-state index contributed by atoms with van der Waals surface area (Å²) in [6.07, 6.45) is 3.42. The number of amides is 2. The summed E-state index contributed by atoms with van der Waals surface area (Å²) < 4.78 is 0. The molecule has 2 atom stereocenters. The van der Waals surface area contributed by atoms with E-state index in [1.54, 1.807) is 18.7 Å². The van der Waals surface area contributed by atoms with Crippen LogP contribution in [-0.2, 0) is 22.4 Å². The zero-order valence-corrected chi connectivity index (χ0v) is 15.9. The summed E-state index contributed by atoms with van der Waals surface area (Å²) in [5.41, 5.74) is 2.36. The maximum atomic E-state index is 12.9. The van der Waals surface area contributed by atoms with Crippen LogP contribution >= 0.6 is 0 Å². The Balaban J connectivity index is 1.64. The van der Waals surface area contributed by atoms with Gasteiger partial charge in [-0.05, 0) is 51.2 Å². The summed E-state index contributed by atoms with van der Waals surface area (Å²) in [5.74, 6) is -0.00852. The highest BCUT2D eigenvalue weighted by molar-refractivity contribution is 5.98. The molecule has 2 aliphatic heterocycles. The van der Waals surface area contributed by atoms with Crippen molar-refractivity contribution < 1.29 is 14.7 Å². The Bertz CT molecular complexity index is 880. The number of aromatic amines is 1. The topological polar surface area (TPSA) is 85.4 Å². The molecule has 2 aromatic rings. The number of carbonyl (C=O) groups excluding carboxylic acids is 2. The number of fused-ring (bicyclic) bond motifs is 2. The molecule has 0 spiro atoms. The number of rotatable bonds is 5. The molecule has 2 saturated heterocycles. The first-order valence-electron chi connectivity index (χ1n) is 9.75. The Kier molecular flexibility index (Phi) is 4.46. The molecular weight excluding hydrogens is 342 g/mol. The van der Waals surface area contributed by atoms with Gasteiger partial charge in [0.15, 0.2) is 0 Å². The first-order chi connectivity index (χ1) is 12.8. The van der Waals surface area contributed by atoms with Crippen molar-refractivity contribution in [2.24, 2.45) is 0 Å². The normalized spacial score (nSPS) is 23.0. The van der Waals surface area contributed by atoms with Gasteiger partial charge in [-0.15, -0.1) is 0 Å². The van der Waals surface area contributed by atoms with Gasteiger partial charge in [-0.25, -0.2) is 0 Å². The molecule has 4 rings (SSSR count). The summed E-state index contributed by atoms with van der Waals surface area (Å²) in [5, 5.41) is 14.1. The number of hydrogen-bond acceptors (Lipinski definition) is 3. The van der Waals surface area contributed by atoms with Gasteiger partial charge in [-0.1, -0.05) is 18.2 Å². The van der Waals surface area contributed by atoms with E-state index < -0.39 is 11.6 Å². The summed E-state index contributed by atoms with van der Waals surface area (Å²) >= 11 is 0. The van der Waals surface area contributed by atoms with Gasteiger partial charge in [0.05, 0.1) is 5.60 Å². The minimum Gasteiger partial charge on any atom is -0.390 e. The highest BCUT2D eigenvalue weighted by Crippen LogP contribution is 2.29. The van der Waals surface area contributed by atoms with Crippen LogP contribution < -0.4 is 5.32 Å². The molecule has 0 aliphatic carbocycles. The number of aliphatic hydroxyl groups is 1. The molecule has 3 heterocycles. The molecule has 1 aromatic heterocycles. The number of aromatic nitrogens is 1. The SMILES string of the molecule is CC(C)(O)CCc1[nH]c2ccccc2c1C[C@@H]1NC(=O)[C@@H]2CCCN2C1=O. The number of H-pyrrole nitrogens is 1. The Hall–Kier alpha value is -2.34. The third-order valence-corrected chi connectivity index (χ3v) is 5.75. The van der Waals surface area contributed by atoms with E-state index in [0.717, 1.165) is 35.0 Å². The van der Waals surface area contributed by atoms with Crippen molar-refractivity contribution in [3.05, 3.63) is 35.5 Å². The first kappa shape index (κ1) is 18.0. The second kappa shape index (κ2) is 6.68. The largest absolute Gasteiger partial charge is 0.390 e. The van der Waals surface area contributed by atoms with E-state index in [0.29, 0.717) is 25.8 Å². The van der Waals surface area contributed by atoms with E-state index in [9.17, 15) is 14.7 Å². The second-order valence-electron chi connectivity index (χ2n) is 8.40. The van der Waals surface area contributed by atoms with Gasteiger partial charge in [0.2, 0.25) is 11.8 Å². The number of nitrogens with zero attached hydrogens (tertiary/aromatic N) is 1. The van der Waals surface area contributed by atoms with E-state index >= 15 is 0 Å². The average Bonchev–Trinajstić information content (AvgIpc) is 3.23. The van der Waals surface area contributed by atoms with Crippen molar-refractivity contribution in [1.82, 2.24) is 15.2 Å². The number of nitrogens with one attached hydrogen (secondary N) is 2. The molecule has 0 radical (unpaired) electrons. The molecule has 0 bridgehead atoms. The van der Waals surface area contributed by atoms with Crippen molar-refractivity contribution in [3.8, 4) is 0 Å². The fourth-order valence-electron chi connectivity index (χ4n) is 4.31. The van der Waals surface area contributed by atoms with Gasteiger partial charge in [0, 0.05) is 29.6 Å². The molecule has 3 N–H and O–H groups in total. The van der Waals surface area contributed by atoms with Crippen LogP contribution in [0.2, 0.25) is 0 Å². The van der Waals surface area contributed by atoms with E-state index in [4.69, 9.17) is 0 Å². The highest BCUT2D eigenvalue weighted by atomic mass is 16.3. The number of piperazine rings is 1. The van der Waals surface area contributed by atoms with Crippen LogP contribution in [0, 0.1) is 0 Å². The Morgan fingerprint density at radius 1 is 1.26 bits per heavy atom. The molecule has 0 saturated carbocycles. The summed E-state index contributed by atoms with van der Waals surface area (Å²) in [6, 6.07) is 7.22. The predicted molar refractivity (Wildman–Crippen MR) is 103 cm³/mol.